The Labute approximate surface area is 145 Å². The fourth-order valence-electron chi connectivity index (χ4n) is 2.27. The summed E-state index contributed by atoms with van der Waals surface area (Å²) < 4.78 is 0. The maximum absolute atomic E-state index is 12.4. The van der Waals surface area contributed by atoms with Crippen molar-refractivity contribution in [1.29, 1.82) is 0 Å². The molecule has 0 bridgehead atoms. The molecule has 0 radical (unpaired) electrons. The van der Waals surface area contributed by atoms with Gasteiger partial charge in [-0.05, 0) is 38.6 Å². The molecule has 1 aromatic carbocycles. The first kappa shape index (κ1) is 18.1. The van der Waals surface area contributed by atoms with Crippen LogP contribution < -0.4 is 11.1 Å². The first-order valence-corrected chi connectivity index (χ1v) is 8.82. The molecule has 0 fully saturated rings. The molecule has 0 aliphatic carbocycles. The molecule has 2 amide bonds. The van der Waals surface area contributed by atoms with Crippen LogP contribution in [0.2, 0.25) is 0 Å². The number of thiazole rings is 1. The van der Waals surface area contributed by atoms with Gasteiger partial charge in [0.05, 0.1) is 5.01 Å². The van der Waals surface area contributed by atoms with E-state index in [9.17, 15) is 9.59 Å². The zero-order valence-electron chi connectivity index (χ0n) is 13.9. The Morgan fingerprint density at radius 3 is 2.71 bits per heavy atom. The number of hydrogen-bond donors (Lipinski definition) is 2. The molecule has 0 aliphatic heterocycles. The molecule has 0 saturated carbocycles. The van der Waals surface area contributed by atoms with E-state index in [-0.39, 0.29) is 11.8 Å². The lowest BCUT2D eigenvalue weighted by molar-refractivity contribution is 0.0772. The Kier molecular flexibility index (Phi) is 6.45. The quantitative estimate of drug-likeness (QED) is 0.805. The van der Waals surface area contributed by atoms with Gasteiger partial charge in [-0.15, -0.1) is 11.3 Å². The van der Waals surface area contributed by atoms with Crippen molar-refractivity contribution in [2.24, 2.45) is 5.73 Å². The summed E-state index contributed by atoms with van der Waals surface area (Å²) in [6.45, 7) is 5.68. The number of benzene rings is 1. The average molecular weight is 346 g/mol. The van der Waals surface area contributed by atoms with Crippen molar-refractivity contribution in [2.75, 3.05) is 25.0 Å². The average Bonchev–Trinajstić information content (AvgIpc) is 3.05. The molecule has 6 nitrogen and oxygen atoms in total. The van der Waals surface area contributed by atoms with Crippen LogP contribution in [-0.2, 0) is 6.42 Å². The molecule has 24 heavy (non-hydrogen) atoms. The Hall–Kier alpha value is -2.25. The third kappa shape index (κ3) is 4.39. The van der Waals surface area contributed by atoms with Crippen LogP contribution in [0.4, 0.5) is 5.69 Å². The normalized spacial score (nSPS) is 10.5. The highest BCUT2D eigenvalue weighted by Crippen LogP contribution is 2.16. The molecule has 1 aromatic heterocycles. The fraction of sp³-hybridized carbons (Fsp3) is 0.353. The summed E-state index contributed by atoms with van der Waals surface area (Å²) in [6.07, 6.45) is 0.659. The van der Waals surface area contributed by atoms with E-state index in [0.717, 1.165) is 5.01 Å². The molecule has 2 rings (SSSR count). The Morgan fingerprint density at radius 2 is 2.04 bits per heavy atom. The summed E-state index contributed by atoms with van der Waals surface area (Å²) >= 11 is 1.42. The molecule has 3 N–H and O–H groups in total. The number of amides is 2. The zero-order valence-corrected chi connectivity index (χ0v) is 14.7. The third-order valence-corrected chi connectivity index (χ3v) is 4.47. The summed E-state index contributed by atoms with van der Waals surface area (Å²) in [5, 5.41) is 5.34. The second kappa shape index (κ2) is 8.56. The maximum Gasteiger partial charge on any atom is 0.275 e. The predicted molar refractivity (Wildman–Crippen MR) is 96.5 cm³/mol. The van der Waals surface area contributed by atoms with Crippen LogP contribution in [0.25, 0.3) is 0 Å². The van der Waals surface area contributed by atoms with Crippen molar-refractivity contribution in [3.8, 4) is 0 Å². The van der Waals surface area contributed by atoms with Crippen LogP contribution in [0.3, 0.4) is 0 Å². The van der Waals surface area contributed by atoms with Crippen LogP contribution in [-0.4, -0.2) is 41.3 Å². The van der Waals surface area contributed by atoms with E-state index in [1.165, 1.54) is 11.3 Å². The van der Waals surface area contributed by atoms with Gasteiger partial charge in [-0.1, -0.05) is 6.07 Å². The zero-order chi connectivity index (χ0) is 17.5. The SMILES string of the molecule is CCN(CC)C(=O)c1cccc(NC(=O)c2csc(CCN)n2)c1. The lowest BCUT2D eigenvalue weighted by atomic mass is 10.1. The highest BCUT2D eigenvalue weighted by molar-refractivity contribution is 7.09. The summed E-state index contributed by atoms with van der Waals surface area (Å²) in [5.41, 5.74) is 6.99. The topological polar surface area (TPSA) is 88.3 Å². The van der Waals surface area contributed by atoms with Gasteiger partial charge in [0, 0.05) is 36.1 Å². The van der Waals surface area contributed by atoms with Gasteiger partial charge >= 0.3 is 0 Å². The standard InChI is InChI=1S/C17H22N4O2S/c1-3-21(4-2)17(23)12-6-5-7-13(10-12)19-16(22)14-11-24-15(20-14)8-9-18/h5-7,10-11H,3-4,8-9,18H2,1-2H3,(H,19,22). The lowest BCUT2D eigenvalue weighted by Gasteiger charge is -2.18. The van der Waals surface area contributed by atoms with Crippen molar-refractivity contribution < 1.29 is 9.59 Å². The molecule has 0 atom stereocenters. The Balaban J connectivity index is 2.10. The van der Waals surface area contributed by atoms with E-state index in [4.69, 9.17) is 5.73 Å². The second-order valence-electron chi connectivity index (χ2n) is 5.18. The minimum absolute atomic E-state index is 0.0463. The number of nitrogens with zero attached hydrogens (tertiary/aromatic N) is 2. The molecular formula is C17H22N4O2S. The number of anilines is 1. The van der Waals surface area contributed by atoms with E-state index < -0.39 is 0 Å². The molecule has 128 valence electrons. The number of hydrogen-bond acceptors (Lipinski definition) is 5. The van der Waals surface area contributed by atoms with Gasteiger partial charge in [-0.25, -0.2) is 4.98 Å². The van der Waals surface area contributed by atoms with E-state index in [1.807, 2.05) is 13.8 Å². The number of nitrogens with two attached hydrogens (primary N) is 1. The van der Waals surface area contributed by atoms with Crippen molar-refractivity contribution in [1.82, 2.24) is 9.88 Å². The number of carbonyl (C=O) groups is 2. The number of aromatic nitrogens is 1. The Bertz CT molecular complexity index is 710. The lowest BCUT2D eigenvalue weighted by Crippen LogP contribution is -2.30. The summed E-state index contributed by atoms with van der Waals surface area (Å²) in [7, 11) is 0. The minimum Gasteiger partial charge on any atom is -0.339 e. The van der Waals surface area contributed by atoms with E-state index >= 15 is 0 Å². The highest BCUT2D eigenvalue weighted by Gasteiger charge is 2.14. The largest absolute Gasteiger partial charge is 0.339 e. The summed E-state index contributed by atoms with van der Waals surface area (Å²) in [6, 6.07) is 6.95. The summed E-state index contributed by atoms with van der Waals surface area (Å²) in [4.78, 5) is 30.6. The highest BCUT2D eigenvalue weighted by atomic mass is 32.1. The van der Waals surface area contributed by atoms with Crippen LogP contribution in [0, 0.1) is 0 Å². The second-order valence-corrected chi connectivity index (χ2v) is 6.12. The molecule has 0 unspecified atom stereocenters. The number of carbonyl (C=O) groups excluding carboxylic acids is 2. The maximum atomic E-state index is 12.4. The Morgan fingerprint density at radius 1 is 1.29 bits per heavy atom. The fourth-order valence-corrected chi connectivity index (χ4v) is 3.07. The van der Waals surface area contributed by atoms with Crippen molar-refractivity contribution >= 4 is 28.8 Å². The number of nitrogens with one attached hydrogen (secondary N) is 1. The van der Waals surface area contributed by atoms with Gasteiger partial charge in [0.2, 0.25) is 0 Å². The van der Waals surface area contributed by atoms with E-state index in [1.54, 1.807) is 34.5 Å². The molecule has 7 heteroatoms. The smallest absolute Gasteiger partial charge is 0.275 e. The monoisotopic (exact) mass is 346 g/mol. The molecule has 0 saturated heterocycles. The van der Waals surface area contributed by atoms with E-state index in [2.05, 4.69) is 10.3 Å². The van der Waals surface area contributed by atoms with Gasteiger partial charge < -0.3 is 16.0 Å². The molecular weight excluding hydrogens is 324 g/mol. The third-order valence-electron chi connectivity index (χ3n) is 3.56. The summed E-state index contributed by atoms with van der Waals surface area (Å²) in [5.74, 6) is -0.336. The van der Waals surface area contributed by atoms with Gasteiger partial charge in [0.15, 0.2) is 0 Å². The van der Waals surface area contributed by atoms with Gasteiger partial charge in [-0.2, -0.15) is 0 Å². The molecule has 0 aliphatic rings. The van der Waals surface area contributed by atoms with Gasteiger partial charge in [-0.3, -0.25) is 9.59 Å². The van der Waals surface area contributed by atoms with Crippen LogP contribution in [0.5, 0.6) is 0 Å². The van der Waals surface area contributed by atoms with Crippen molar-refractivity contribution in [2.45, 2.75) is 20.3 Å². The molecule has 1 heterocycles. The minimum atomic E-state index is -0.290. The first-order valence-electron chi connectivity index (χ1n) is 7.94. The number of rotatable bonds is 7. The van der Waals surface area contributed by atoms with Crippen LogP contribution >= 0.6 is 11.3 Å². The van der Waals surface area contributed by atoms with Crippen molar-refractivity contribution in [3.63, 3.8) is 0 Å². The van der Waals surface area contributed by atoms with Crippen LogP contribution in [0.1, 0.15) is 39.7 Å². The van der Waals surface area contributed by atoms with Crippen LogP contribution in [0.15, 0.2) is 29.6 Å². The van der Waals surface area contributed by atoms with Crippen molar-refractivity contribution in [3.05, 3.63) is 45.9 Å². The van der Waals surface area contributed by atoms with E-state index in [0.29, 0.717) is 43.0 Å². The first-order chi connectivity index (χ1) is 11.6. The molecule has 0 spiro atoms. The van der Waals surface area contributed by atoms with Gasteiger partial charge in [0.1, 0.15) is 5.69 Å². The van der Waals surface area contributed by atoms with Gasteiger partial charge in [0.25, 0.3) is 11.8 Å². The molecule has 2 aromatic rings. The predicted octanol–water partition coefficient (Wildman–Crippen LogP) is 2.38.